The lowest BCUT2D eigenvalue weighted by molar-refractivity contribution is -0.140. The van der Waals surface area contributed by atoms with E-state index < -0.39 is 17.9 Å². The van der Waals surface area contributed by atoms with Gasteiger partial charge < -0.3 is 21.1 Å². The van der Waals surface area contributed by atoms with Crippen LogP contribution >= 0.6 is 0 Å². The van der Waals surface area contributed by atoms with Gasteiger partial charge in [-0.3, -0.25) is 34.0 Å². The summed E-state index contributed by atoms with van der Waals surface area (Å²) in [5, 5.41) is 28.1. The van der Waals surface area contributed by atoms with Gasteiger partial charge in [-0.05, 0) is 30.7 Å². The van der Waals surface area contributed by atoms with E-state index in [1.54, 1.807) is 4.90 Å². The molecule has 1 unspecified atom stereocenters. The summed E-state index contributed by atoms with van der Waals surface area (Å²) in [6.45, 7) is 5.53. The normalized spacial score (nSPS) is 20.3. The van der Waals surface area contributed by atoms with E-state index in [2.05, 4.69) is 4.90 Å². The molecule has 11 nitrogen and oxygen atoms in total. The fourth-order valence-corrected chi connectivity index (χ4v) is 4.32. The van der Waals surface area contributed by atoms with Gasteiger partial charge in [0.05, 0.1) is 19.6 Å². The highest BCUT2D eigenvalue weighted by atomic mass is 16.4. The number of carboxylic acids is 3. The minimum Gasteiger partial charge on any atom is -0.480 e. The Morgan fingerprint density at radius 1 is 0.794 bits per heavy atom. The second-order valence-electron chi connectivity index (χ2n) is 8.70. The predicted molar refractivity (Wildman–Crippen MR) is 128 cm³/mol. The number of anilines is 1. The van der Waals surface area contributed by atoms with Crippen molar-refractivity contribution in [3.63, 3.8) is 0 Å². The van der Waals surface area contributed by atoms with Crippen LogP contribution in [0.5, 0.6) is 0 Å². The van der Waals surface area contributed by atoms with E-state index in [1.807, 2.05) is 41.0 Å². The van der Waals surface area contributed by atoms with E-state index in [1.165, 1.54) is 0 Å². The lowest BCUT2D eigenvalue weighted by atomic mass is 10.0. The third-order valence-electron chi connectivity index (χ3n) is 6.09. The largest absolute Gasteiger partial charge is 0.480 e. The summed E-state index contributed by atoms with van der Waals surface area (Å²) < 4.78 is 0. The minimum absolute atomic E-state index is 0.00740. The number of hydrogen-bond donors (Lipinski definition) is 4. The fourth-order valence-electron chi connectivity index (χ4n) is 4.32. The van der Waals surface area contributed by atoms with E-state index in [9.17, 15) is 29.7 Å². The molecule has 0 bridgehead atoms. The Hall–Kier alpha value is -2.73. The van der Waals surface area contributed by atoms with Gasteiger partial charge in [-0.1, -0.05) is 19.1 Å². The Balaban J connectivity index is 2.30. The van der Waals surface area contributed by atoms with Crippen LogP contribution in [0.2, 0.25) is 0 Å². The van der Waals surface area contributed by atoms with Crippen LogP contribution in [-0.4, -0.2) is 131 Å². The summed E-state index contributed by atoms with van der Waals surface area (Å²) in [6, 6.07) is 7.60. The number of nitrogens with zero attached hydrogens (tertiary/aromatic N) is 4. The molecule has 1 saturated heterocycles. The van der Waals surface area contributed by atoms with E-state index >= 15 is 0 Å². The number of nitrogens with two attached hydrogens (primary N) is 1. The summed E-state index contributed by atoms with van der Waals surface area (Å²) >= 11 is 0. The summed E-state index contributed by atoms with van der Waals surface area (Å²) in [6.07, 6.45) is 0.683. The van der Waals surface area contributed by atoms with Crippen LogP contribution in [0, 0.1) is 0 Å². The molecule has 1 fully saturated rings. The molecule has 1 aliphatic rings. The molecule has 0 spiro atoms. The molecule has 0 aliphatic carbocycles. The van der Waals surface area contributed by atoms with E-state index in [0.29, 0.717) is 57.9 Å². The Kier molecular flexibility index (Phi) is 11.2. The van der Waals surface area contributed by atoms with Crippen molar-refractivity contribution < 1.29 is 29.7 Å². The van der Waals surface area contributed by atoms with Gasteiger partial charge in [0.2, 0.25) is 0 Å². The van der Waals surface area contributed by atoms with Crippen molar-refractivity contribution in [2.75, 3.05) is 77.7 Å². The molecule has 1 heterocycles. The van der Waals surface area contributed by atoms with Gasteiger partial charge >= 0.3 is 17.9 Å². The summed E-state index contributed by atoms with van der Waals surface area (Å²) in [4.78, 5) is 42.0. The summed E-state index contributed by atoms with van der Waals surface area (Å²) in [5.41, 5.74) is 7.57. The van der Waals surface area contributed by atoms with Gasteiger partial charge in [0.1, 0.15) is 0 Å². The van der Waals surface area contributed by atoms with Crippen LogP contribution in [0.25, 0.3) is 0 Å². The quantitative estimate of drug-likeness (QED) is 0.345. The number of rotatable bonds is 9. The first kappa shape index (κ1) is 27.5. The fraction of sp³-hybridized carbons (Fsp3) is 0.609. The average Bonchev–Trinajstić information content (AvgIpc) is 2.75. The zero-order valence-electron chi connectivity index (χ0n) is 19.8. The minimum atomic E-state index is -0.972. The molecule has 1 atom stereocenters. The van der Waals surface area contributed by atoms with Crippen molar-refractivity contribution in [1.29, 1.82) is 0 Å². The molecule has 1 aliphatic heterocycles. The van der Waals surface area contributed by atoms with Crippen molar-refractivity contribution in [2.45, 2.75) is 19.4 Å². The zero-order valence-corrected chi connectivity index (χ0v) is 19.8. The van der Waals surface area contributed by atoms with E-state index in [4.69, 9.17) is 5.73 Å². The lowest BCUT2D eigenvalue weighted by Gasteiger charge is -2.38. The van der Waals surface area contributed by atoms with E-state index in [-0.39, 0.29) is 25.7 Å². The van der Waals surface area contributed by atoms with E-state index in [0.717, 1.165) is 12.1 Å². The van der Waals surface area contributed by atoms with Crippen molar-refractivity contribution in [2.24, 2.45) is 0 Å². The number of hydrogen-bond acceptors (Lipinski definition) is 8. The molecule has 11 heteroatoms. The maximum absolute atomic E-state index is 11.6. The topological polar surface area (TPSA) is 151 Å². The SMILES string of the molecule is CCN1CCN(CC(=O)O)CCN(CC(=O)O)CCN(CC(=O)O)CC1Cc1ccc(N)cc1. The van der Waals surface area contributed by atoms with Gasteiger partial charge in [-0.25, -0.2) is 0 Å². The summed E-state index contributed by atoms with van der Waals surface area (Å²) in [7, 11) is 0. The number of aliphatic carboxylic acids is 3. The number of carboxylic acid groups (broad SMARTS) is 3. The highest BCUT2D eigenvalue weighted by Gasteiger charge is 2.25. The first-order valence-corrected chi connectivity index (χ1v) is 11.6. The van der Waals surface area contributed by atoms with Crippen LogP contribution in [0.4, 0.5) is 5.69 Å². The maximum atomic E-state index is 11.6. The third kappa shape index (κ3) is 10.0. The van der Waals surface area contributed by atoms with Crippen LogP contribution in [-0.2, 0) is 20.8 Å². The second kappa shape index (κ2) is 13.9. The lowest BCUT2D eigenvalue weighted by Crippen LogP contribution is -2.52. The molecular weight excluding hydrogens is 442 g/mol. The average molecular weight is 480 g/mol. The number of benzene rings is 1. The smallest absolute Gasteiger partial charge is 0.317 e. The first-order valence-electron chi connectivity index (χ1n) is 11.6. The third-order valence-corrected chi connectivity index (χ3v) is 6.09. The number of nitrogen functional groups attached to an aromatic ring is 1. The molecule has 1 aromatic rings. The zero-order chi connectivity index (χ0) is 25.1. The van der Waals surface area contributed by atoms with Crippen molar-refractivity contribution in [1.82, 2.24) is 19.6 Å². The molecular formula is C23H37N5O6. The van der Waals surface area contributed by atoms with Crippen molar-refractivity contribution in [3.8, 4) is 0 Å². The number of likely N-dealkylation sites (N-methyl/N-ethyl adjacent to an activating group) is 1. The van der Waals surface area contributed by atoms with Crippen LogP contribution in [0.3, 0.4) is 0 Å². The van der Waals surface area contributed by atoms with Gasteiger partial charge in [-0.15, -0.1) is 0 Å². The van der Waals surface area contributed by atoms with Crippen LogP contribution in [0.1, 0.15) is 12.5 Å². The molecule has 0 radical (unpaired) electrons. The molecule has 5 N–H and O–H groups in total. The summed E-state index contributed by atoms with van der Waals surface area (Å²) in [5.74, 6) is -2.83. The Bertz CT molecular complexity index is 806. The Labute approximate surface area is 200 Å². The predicted octanol–water partition coefficient (Wildman–Crippen LogP) is -0.325. The maximum Gasteiger partial charge on any atom is 0.317 e. The second-order valence-corrected chi connectivity index (χ2v) is 8.70. The van der Waals surface area contributed by atoms with Gasteiger partial charge in [0, 0.05) is 57.5 Å². The Morgan fingerprint density at radius 2 is 1.24 bits per heavy atom. The molecule has 0 amide bonds. The first-order chi connectivity index (χ1) is 16.2. The molecule has 0 aromatic heterocycles. The van der Waals surface area contributed by atoms with Crippen molar-refractivity contribution >= 4 is 23.6 Å². The highest BCUT2D eigenvalue weighted by molar-refractivity contribution is 5.69. The van der Waals surface area contributed by atoms with Crippen LogP contribution < -0.4 is 5.73 Å². The standard InChI is InChI=1S/C23H37N5O6/c1-2-28-12-11-26(16-22(31)32)8-7-25(15-21(29)30)9-10-27(17-23(33)34)14-20(28)13-18-3-5-19(24)6-4-18/h3-6,20H,2,7-17,24H2,1H3,(H,29,30)(H,31,32)(H,33,34). The molecule has 0 saturated carbocycles. The molecule has 190 valence electrons. The van der Waals surface area contributed by atoms with Crippen LogP contribution in [0.15, 0.2) is 24.3 Å². The van der Waals surface area contributed by atoms with Gasteiger partial charge in [-0.2, -0.15) is 0 Å². The van der Waals surface area contributed by atoms with Gasteiger partial charge in [0.25, 0.3) is 0 Å². The molecule has 1 aromatic carbocycles. The number of carbonyl (C=O) groups is 3. The molecule has 34 heavy (non-hydrogen) atoms. The van der Waals surface area contributed by atoms with Crippen molar-refractivity contribution in [3.05, 3.63) is 29.8 Å². The van der Waals surface area contributed by atoms with Gasteiger partial charge in [0.15, 0.2) is 0 Å². The molecule has 2 rings (SSSR count). The Morgan fingerprint density at radius 3 is 1.71 bits per heavy atom. The highest BCUT2D eigenvalue weighted by Crippen LogP contribution is 2.14. The monoisotopic (exact) mass is 479 g/mol.